The second-order valence-corrected chi connectivity index (χ2v) is 10.2. The number of benzene rings is 1. The van der Waals surface area contributed by atoms with Crippen molar-refractivity contribution in [3.8, 4) is 0 Å². The highest BCUT2D eigenvalue weighted by Crippen LogP contribution is 2.48. The first kappa shape index (κ1) is 28.8. The van der Waals surface area contributed by atoms with Crippen LogP contribution in [0.5, 0.6) is 0 Å². The van der Waals surface area contributed by atoms with Crippen molar-refractivity contribution in [2.24, 2.45) is 16.8 Å². The lowest BCUT2D eigenvalue weighted by Gasteiger charge is -2.40. The molecular formula is C30H44N4O3. The van der Waals surface area contributed by atoms with Gasteiger partial charge in [0, 0.05) is 0 Å². The Bertz CT molecular complexity index is 1170. The van der Waals surface area contributed by atoms with Crippen molar-refractivity contribution in [3.63, 3.8) is 0 Å². The second kappa shape index (κ2) is 13.1. The molecule has 0 aliphatic heterocycles. The summed E-state index contributed by atoms with van der Waals surface area (Å²) < 4.78 is 7.64. The van der Waals surface area contributed by atoms with Gasteiger partial charge in [-0.1, -0.05) is 88.1 Å². The minimum absolute atomic E-state index is 0.113. The number of aromatic nitrogens is 2. The molecule has 1 aromatic carbocycles. The predicted octanol–water partition coefficient (Wildman–Crippen LogP) is 6.74. The van der Waals surface area contributed by atoms with Crippen molar-refractivity contribution in [1.29, 1.82) is 0 Å². The van der Waals surface area contributed by atoms with Gasteiger partial charge in [0.05, 0.1) is 11.5 Å². The van der Waals surface area contributed by atoms with Crippen LogP contribution < -0.4 is 11.5 Å². The van der Waals surface area contributed by atoms with Crippen molar-refractivity contribution >= 4 is 0 Å². The van der Waals surface area contributed by atoms with Crippen LogP contribution in [-0.2, 0) is 18.4 Å². The molecule has 2 N–H and O–H groups in total. The molecule has 1 fully saturated rings. The molecule has 1 saturated carbocycles. The third kappa shape index (κ3) is 5.87. The number of rotatable bonds is 9. The van der Waals surface area contributed by atoms with Gasteiger partial charge in [0.2, 0.25) is 0 Å². The van der Waals surface area contributed by atoms with Crippen LogP contribution in [0.1, 0.15) is 108 Å². The fraction of sp³-hybridized carbons (Fsp3) is 0.600. The summed E-state index contributed by atoms with van der Waals surface area (Å²) in [5.74, 6) is 0.543. The van der Waals surface area contributed by atoms with E-state index < -0.39 is 11.2 Å². The topological polar surface area (TPSA) is 103 Å². The Morgan fingerprint density at radius 1 is 1.22 bits per heavy atom. The van der Waals surface area contributed by atoms with Crippen LogP contribution in [0, 0.1) is 10.8 Å². The van der Waals surface area contributed by atoms with Gasteiger partial charge >= 0.3 is 5.76 Å². The third-order valence-corrected chi connectivity index (χ3v) is 7.79. The molecule has 0 saturated heterocycles. The molecule has 1 aromatic heterocycles. The molecule has 0 bridgehead atoms. The van der Waals surface area contributed by atoms with Crippen molar-refractivity contribution in [2.75, 3.05) is 6.54 Å². The van der Waals surface area contributed by atoms with Crippen molar-refractivity contribution < 1.29 is 4.52 Å². The molecule has 4 rings (SSSR count). The van der Waals surface area contributed by atoms with Crippen LogP contribution in [0.15, 0.2) is 56.0 Å². The Morgan fingerprint density at radius 3 is 2.57 bits per heavy atom. The fourth-order valence-electron chi connectivity index (χ4n) is 6.21. The van der Waals surface area contributed by atoms with E-state index in [0.717, 1.165) is 60.8 Å². The van der Waals surface area contributed by atoms with E-state index in [0.29, 0.717) is 24.7 Å². The van der Waals surface area contributed by atoms with Gasteiger partial charge in [-0.05, 0) is 73.8 Å². The normalized spacial score (nSPS) is 19.8. The Hall–Kier alpha value is -2.80. The van der Waals surface area contributed by atoms with Gasteiger partial charge in [0.1, 0.15) is 6.54 Å². The average molecular weight is 509 g/mol. The van der Waals surface area contributed by atoms with Gasteiger partial charge in [-0.3, -0.25) is 0 Å². The molecule has 2 aliphatic carbocycles. The molecule has 0 spiro atoms. The standard InChI is InChI=1S/C28H38N4O3.C2H6/c1-4-22-17-21(18-30-34)11-13-25(22)28(14-15-29,24-12-10-19(2)16-20(24)3)26-31-27(33)35-32(26)23-8-6-5-7-9-23;1-2/h10-13,17,19,23H,4-9,14-16,18,29H2,1-3H3;1-2H3. The highest BCUT2D eigenvalue weighted by Gasteiger charge is 2.45. The molecule has 2 unspecified atom stereocenters. The lowest BCUT2D eigenvalue weighted by atomic mass is 9.65. The van der Waals surface area contributed by atoms with Crippen molar-refractivity contribution in [2.45, 2.75) is 104 Å². The van der Waals surface area contributed by atoms with E-state index >= 15 is 0 Å². The lowest BCUT2D eigenvalue weighted by Crippen LogP contribution is -2.39. The first-order valence-electron chi connectivity index (χ1n) is 14.0. The molecular weight excluding hydrogens is 464 g/mol. The number of hydrogen-bond acceptors (Lipinski definition) is 6. The molecule has 7 heteroatoms. The maximum absolute atomic E-state index is 12.7. The van der Waals surface area contributed by atoms with Gasteiger partial charge in [-0.2, -0.15) is 14.6 Å². The Balaban J connectivity index is 0.00000186. The molecule has 0 amide bonds. The van der Waals surface area contributed by atoms with E-state index in [-0.39, 0.29) is 12.6 Å². The maximum atomic E-state index is 12.7. The van der Waals surface area contributed by atoms with Gasteiger partial charge < -0.3 is 10.3 Å². The summed E-state index contributed by atoms with van der Waals surface area (Å²) >= 11 is 0. The number of aryl methyl sites for hydroxylation is 1. The smallest absolute Gasteiger partial charge is 0.330 e. The van der Waals surface area contributed by atoms with E-state index in [9.17, 15) is 9.70 Å². The van der Waals surface area contributed by atoms with E-state index in [1.54, 1.807) is 0 Å². The van der Waals surface area contributed by atoms with Gasteiger partial charge in [-0.25, -0.2) is 4.79 Å². The number of nitrogens with zero attached hydrogens (tertiary/aromatic N) is 3. The number of allylic oxidation sites excluding steroid dienone is 4. The zero-order valence-corrected chi connectivity index (χ0v) is 23.3. The van der Waals surface area contributed by atoms with E-state index in [4.69, 9.17) is 10.3 Å². The molecule has 2 aliphatic rings. The fourth-order valence-corrected chi connectivity index (χ4v) is 6.21. The molecule has 37 heavy (non-hydrogen) atoms. The van der Waals surface area contributed by atoms with Crippen LogP contribution in [0.25, 0.3) is 0 Å². The lowest BCUT2D eigenvalue weighted by molar-refractivity contribution is 0.157. The molecule has 7 nitrogen and oxygen atoms in total. The largest absolute Gasteiger partial charge is 0.459 e. The summed E-state index contributed by atoms with van der Waals surface area (Å²) in [5.41, 5.74) is 11.1. The second-order valence-electron chi connectivity index (χ2n) is 10.2. The van der Waals surface area contributed by atoms with Gasteiger partial charge in [0.25, 0.3) is 0 Å². The molecule has 2 aromatic rings. The number of nitrogens with two attached hydrogens (primary N) is 1. The van der Waals surface area contributed by atoms with Crippen molar-refractivity contribution in [3.05, 3.63) is 79.5 Å². The third-order valence-electron chi connectivity index (χ3n) is 7.79. The van der Waals surface area contributed by atoms with Crippen LogP contribution >= 0.6 is 0 Å². The Labute approximate surface area is 221 Å². The maximum Gasteiger partial charge on any atom is 0.459 e. The average Bonchev–Trinajstić information content (AvgIpc) is 3.31. The van der Waals surface area contributed by atoms with Crippen LogP contribution in [0.4, 0.5) is 0 Å². The van der Waals surface area contributed by atoms with E-state index in [1.165, 1.54) is 12.0 Å². The highest BCUT2D eigenvalue weighted by molar-refractivity contribution is 5.55. The predicted molar refractivity (Wildman–Crippen MR) is 150 cm³/mol. The highest BCUT2D eigenvalue weighted by atomic mass is 16.5. The first-order valence-corrected chi connectivity index (χ1v) is 14.0. The minimum atomic E-state index is -0.725. The van der Waals surface area contributed by atoms with Crippen molar-refractivity contribution in [1.82, 2.24) is 9.72 Å². The molecule has 202 valence electrons. The van der Waals surface area contributed by atoms with Gasteiger partial charge in [0.15, 0.2) is 5.82 Å². The Kier molecular flexibility index (Phi) is 10.2. The van der Waals surface area contributed by atoms with E-state index in [2.05, 4.69) is 55.2 Å². The monoisotopic (exact) mass is 508 g/mol. The van der Waals surface area contributed by atoms with Crippen LogP contribution in [-0.4, -0.2) is 16.3 Å². The number of hydrogen-bond donors (Lipinski definition) is 1. The number of nitroso groups, excluding NO2 is 1. The molecule has 0 radical (unpaired) electrons. The quantitative estimate of drug-likeness (QED) is 0.378. The summed E-state index contributed by atoms with van der Waals surface area (Å²) in [5, 5.41) is 3.09. The summed E-state index contributed by atoms with van der Waals surface area (Å²) in [7, 11) is 0. The van der Waals surface area contributed by atoms with Crippen LogP contribution in [0.2, 0.25) is 0 Å². The first-order chi connectivity index (χ1) is 17.9. The van der Waals surface area contributed by atoms with Gasteiger partial charge in [-0.15, -0.1) is 0 Å². The SMILES string of the molecule is CC.CCc1cc(CN=O)ccc1C(CCN)(C1=C(C)CC(C)C=C1)c1nc(=O)on1C1CCCCC1. The summed E-state index contributed by atoms with van der Waals surface area (Å²) in [6.45, 7) is 11.1. The van der Waals surface area contributed by atoms with E-state index in [1.807, 2.05) is 24.7 Å². The Morgan fingerprint density at radius 2 is 1.95 bits per heavy atom. The summed E-state index contributed by atoms with van der Waals surface area (Å²) in [6, 6.07) is 6.24. The van der Waals surface area contributed by atoms with Crippen LogP contribution in [0.3, 0.4) is 0 Å². The molecule has 2 atom stereocenters. The zero-order chi connectivity index (χ0) is 27.0. The molecule has 1 heterocycles. The summed E-state index contributed by atoms with van der Waals surface area (Å²) in [4.78, 5) is 28.3. The summed E-state index contributed by atoms with van der Waals surface area (Å²) in [6.07, 6.45) is 12.1. The minimum Gasteiger partial charge on any atom is -0.330 e. The zero-order valence-electron chi connectivity index (χ0n) is 23.3.